The average Bonchev–Trinajstić information content (AvgIpc) is 3.38. The molecule has 0 aliphatic carbocycles. The third kappa shape index (κ3) is 8.26. The van der Waals surface area contributed by atoms with Crippen LogP contribution in [0.5, 0.6) is 0 Å². The Labute approximate surface area is 383 Å². The Morgan fingerprint density at radius 3 is 0.609 bits per heavy atom. The molecule has 0 nitrogen and oxygen atoms in total. The van der Waals surface area contributed by atoms with Crippen molar-refractivity contribution >= 4 is 100.0 Å². The summed E-state index contributed by atoms with van der Waals surface area (Å²) in [6.45, 7) is 0. The van der Waals surface area contributed by atoms with E-state index in [0.29, 0.717) is 0 Å². The number of rotatable bonds is 13. The van der Waals surface area contributed by atoms with Gasteiger partial charge in [0.15, 0.2) is 0 Å². The molecule has 0 aromatic heterocycles. The third-order valence-corrected chi connectivity index (χ3v) is 25.0. The number of hydrogen-bond donors (Lipinski definition) is 0. The SMILES string of the molecule is c1ccc(P(c2ccccc2)c2ccccc2[PH](c2ccccc2)(c2ccccc2P(c2ccccc2)c2ccccc2)c2ccccc2P(c2ccccc2)c2ccccc2)cc1. The van der Waals surface area contributed by atoms with Crippen LogP contribution in [0.4, 0.5) is 0 Å². The summed E-state index contributed by atoms with van der Waals surface area (Å²) in [7, 11) is -6.32. The summed E-state index contributed by atoms with van der Waals surface area (Å²) in [4.78, 5) is 0. The van der Waals surface area contributed by atoms with E-state index in [-0.39, 0.29) is 0 Å². The molecule has 0 bridgehead atoms. The van der Waals surface area contributed by atoms with Gasteiger partial charge in [0.25, 0.3) is 0 Å². The van der Waals surface area contributed by atoms with Gasteiger partial charge in [0.1, 0.15) is 0 Å². The van der Waals surface area contributed by atoms with Gasteiger partial charge in [-0.25, -0.2) is 0 Å². The van der Waals surface area contributed by atoms with Gasteiger partial charge in [-0.15, -0.1) is 0 Å². The predicted octanol–water partition coefficient (Wildman–Crippen LogP) is 9.31. The topological polar surface area (TPSA) is 0 Å². The predicted molar refractivity (Wildman–Crippen MR) is 289 cm³/mol. The first kappa shape index (κ1) is 41.9. The van der Waals surface area contributed by atoms with Gasteiger partial charge in [-0.3, -0.25) is 0 Å². The van der Waals surface area contributed by atoms with Crippen LogP contribution >= 0.6 is 31.0 Å². The van der Waals surface area contributed by atoms with Crippen LogP contribution in [0, 0.1) is 0 Å². The molecule has 10 aromatic rings. The third-order valence-electron chi connectivity index (χ3n) is 11.9. The second-order valence-corrected chi connectivity index (χ2v) is 25.9. The second kappa shape index (κ2) is 19.8. The van der Waals surface area contributed by atoms with Crippen molar-refractivity contribution in [2.75, 3.05) is 0 Å². The summed E-state index contributed by atoms with van der Waals surface area (Å²) in [6.07, 6.45) is 0. The number of hydrogen-bond acceptors (Lipinski definition) is 0. The molecule has 0 atom stereocenters. The molecule has 0 saturated carbocycles. The Balaban J connectivity index is 1.40. The van der Waals surface area contributed by atoms with Gasteiger partial charge in [-0.2, -0.15) is 0 Å². The van der Waals surface area contributed by atoms with Crippen molar-refractivity contribution < 1.29 is 0 Å². The molecule has 10 rings (SSSR count). The molecule has 10 aromatic carbocycles. The van der Waals surface area contributed by atoms with Crippen molar-refractivity contribution in [3.8, 4) is 0 Å². The fourth-order valence-electron chi connectivity index (χ4n) is 9.29. The molecule has 308 valence electrons. The van der Waals surface area contributed by atoms with Gasteiger partial charge in [0.2, 0.25) is 0 Å². The maximum absolute atomic E-state index is 3.37. The van der Waals surface area contributed by atoms with Crippen LogP contribution < -0.4 is 69.0 Å². The molecule has 0 fully saturated rings. The minimum absolute atomic E-state index is 0.982. The summed E-state index contributed by atoms with van der Waals surface area (Å²) in [5.74, 6) is 0. The van der Waals surface area contributed by atoms with Gasteiger partial charge in [0, 0.05) is 0 Å². The van der Waals surface area contributed by atoms with Gasteiger partial charge in [-0.05, 0) is 0 Å². The molecular formula is C60H48P4. The summed E-state index contributed by atoms with van der Waals surface area (Å²) in [5, 5.41) is 18.0. The molecule has 0 radical (unpaired) electrons. The molecule has 0 aliphatic rings. The van der Waals surface area contributed by atoms with Crippen molar-refractivity contribution in [1.82, 2.24) is 0 Å². The Hall–Kier alpha value is -6.08. The van der Waals surface area contributed by atoms with Gasteiger partial charge in [0.05, 0.1) is 0 Å². The Morgan fingerprint density at radius 1 is 0.188 bits per heavy atom. The Bertz CT molecular complexity index is 2620. The molecule has 4 heteroatoms. The summed E-state index contributed by atoms with van der Waals surface area (Å²) in [6, 6.07) is 108. The van der Waals surface area contributed by atoms with Gasteiger partial charge >= 0.3 is 385 Å². The van der Waals surface area contributed by atoms with Crippen LogP contribution in [0.1, 0.15) is 0 Å². The average molecular weight is 893 g/mol. The van der Waals surface area contributed by atoms with Crippen LogP contribution in [-0.4, -0.2) is 0 Å². The van der Waals surface area contributed by atoms with E-state index in [0.717, 1.165) is 0 Å². The first-order chi connectivity index (χ1) is 31.8. The van der Waals surface area contributed by atoms with E-state index in [9.17, 15) is 0 Å². The normalized spacial score (nSPS) is 11.8. The zero-order chi connectivity index (χ0) is 43.0. The van der Waals surface area contributed by atoms with Crippen molar-refractivity contribution in [3.05, 3.63) is 285 Å². The van der Waals surface area contributed by atoms with E-state index in [4.69, 9.17) is 0 Å². The molecule has 0 N–H and O–H groups in total. The molecule has 0 heterocycles. The standard InChI is InChI=1S/C60H48P4/c1-8-28-48(29-9-1)61(49-30-10-2-11-31-49)55-42-22-25-45-58(55)64(54-40-20-7-21-41-54,59-46-26-23-43-56(59)62(50-32-12-3-13-33-50)51-34-14-4-15-35-51)60-47-27-24-44-57(60)63(52-36-16-5-17-37-52)53-38-18-6-19-39-53/h1-47,64H. The zero-order valence-electron chi connectivity index (χ0n) is 35.5. The zero-order valence-corrected chi connectivity index (χ0v) is 39.2. The fourth-order valence-corrected chi connectivity index (χ4v) is 23.8. The van der Waals surface area contributed by atoms with Crippen LogP contribution in [0.15, 0.2) is 285 Å². The second-order valence-electron chi connectivity index (χ2n) is 15.7. The monoisotopic (exact) mass is 892 g/mol. The van der Waals surface area contributed by atoms with Crippen molar-refractivity contribution in [2.45, 2.75) is 0 Å². The van der Waals surface area contributed by atoms with E-state index in [2.05, 4.69) is 285 Å². The molecule has 0 spiro atoms. The van der Waals surface area contributed by atoms with Gasteiger partial charge < -0.3 is 0 Å². The molecule has 0 aliphatic heterocycles. The van der Waals surface area contributed by atoms with Crippen molar-refractivity contribution in [1.29, 1.82) is 0 Å². The summed E-state index contributed by atoms with van der Waals surface area (Å²) in [5.41, 5.74) is 0. The van der Waals surface area contributed by atoms with Crippen LogP contribution in [0.2, 0.25) is 0 Å². The van der Waals surface area contributed by atoms with Crippen molar-refractivity contribution in [2.24, 2.45) is 0 Å². The fraction of sp³-hybridized carbons (Fsp3) is 0. The quantitative estimate of drug-likeness (QED) is 0.101. The summed E-state index contributed by atoms with van der Waals surface area (Å²) >= 11 is 0. The first-order valence-electron chi connectivity index (χ1n) is 21.9. The Morgan fingerprint density at radius 2 is 0.375 bits per heavy atom. The first-order valence-corrected chi connectivity index (χ1v) is 27.9. The Kier molecular flexibility index (Phi) is 12.9. The van der Waals surface area contributed by atoms with Gasteiger partial charge in [-0.1, -0.05) is 0 Å². The minimum atomic E-state index is -3.37. The van der Waals surface area contributed by atoms with E-state index >= 15 is 0 Å². The van der Waals surface area contributed by atoms with Crippen LogP contribution in [0.3, 0.4) is 0 Å². The van der Waals surface area contributed by atoms with Crippen LogP contribution in [0.25, 0.3) is 0 Å². The maximum atomic E-state index is 2.52. The summed E-state index contributed by atoms with van der Waals surface area (Å²) < 4.78 is 0. The van der Waals surface area contributed by atoms with Crippen LogP contribution in [-0.2, 0) is 0 Å². The molecule has 64 heavy (non-hydrogen) atoms. The van der Waals surface area contributed by atoms with E-state index < -0.39 is 31.0 Å². The van der Waals surface area contributed by atoms with E-state index in [1.54, 1.807) is 0 Å². The molecule has 0 amide bonds. The molecule has 0 saturated heterocycles. The van der Waals surface area contributed by atoms with E-state index in [1.807, 2.05) is 0 Å². The number of benzene rings is 10. The molecule has 0 unspecified atom stereocenters. The molecular weight excluding hydrogens is 845 g/mol. The van der Waals surface area contributed by atoms with E-state index in [1.165, 1.54) is 69.0 Å². The van der Waals surface area contributed by atoms with Crippen molar-refractivity contribution in [3.63, 3.8) is 0 Å².